The smallest absolute Gasteiger partial charge is 0.415 e. The molecule has 2 aromatic carbocycles. The summed E-state index contributed by atoms with van der Waals surface area (Å²) in [6, 6.07) is 11.0. The standard InChI is InChI=1S/C25H29NO7/c1-25(2,3)33-24(28)26(16-17-11-9-8-10-12-17)19-15-20(29-4)23(32-7)22(31-6)18(19)13-14-21(27)30-5/h8-12,15H,16H2,1-7H3. The third-order valence-electron chi connectivity index (χ3n) is 4.37. The van der Waals surface area contributed by atoms with Crippen molar-refractivity contribution >= 4 is 17.7 Å². The van der Waals surface area contributed by atoms with Gasteiger partial charge in [0.05, 0.1) is 46.2 Å². The molecule has 0 aliphatic carbocycles. The van der Waals surface area contributed by atoms with Crippen LogP contribution < -0.4 is 19.1 Å². The van der Waals surface area contributed by atoms with Crippen LogP contribution in [0.5, 0.6) is 17.2 Å². The highest BCUT2D eigenvalue weighted by Crippen LogP contribution is 2.45. The maximum atomic E-state index is 13.3. The third kappa shape index (κ3) is 6.56. The molecule has 0 bridgehead atoms. The Morgan fingerprint density at radius 2 is 1.58 bits per heavy atom. The van der Waals surface area contributed by atoms with Crippen LogP contribution in [0.1, 0.15) is 31.9 Å². The van der Waals surface area contributed by atoms with E-state index >= 15 is 0 Å². The number of nitrogens with zero attached hydrogens (tertiary/aromatic N) is 1. The van der Waals surface area contributed by atoms with Crippen molar-refractivity contribution in [1.82, 2.24) is 0 Å². The first kappa shape index (κ1) is 25.4. The van der Waals surface area contributed by atoms with Crippen molar-refractivity contribution in [2.75, 3.05) is 33.3 Å². The number of methoxy groups -OCH3 is 4. The lowest BCUT2D eigenvalue weighted by molar-refractivity contribution is -0.133. The van der Waals surface area contributed by atoms with Gasteiger partial charge in [0.15, 0.2) is 11.5 Å². The van der Waals surface area contributed by atoms with Crippen LogP contribution in [0.2, 0.25) is 0 Å². The zero-order valence-electron chi connectivity index (χ0n) is 20.0. The van der Waals surface area contributed by atoms with Gasteiger partial charge in [-0.2, -0.15) is 0 Å². The molecule has 176 valence electrons. The molecule has 0 aliphatic heterocycles. The Hall–Kier alpha value is -3.86. The fourth-order valence-electron chi connectivity index (χ4n) is 2.97. The fraction of sp³-hybridized carbons (Fsp3) is 0.360. The van der Waals surface area contributed by atoms with Crippen molar-refractivity contribution < 1.29 is 33.3 Å². The van der Waals surface area contributed by atoms with Crippen LogP contribution in [-0.2, 0) is 20.8 Å². The van der Waals surface area contributed by atoms with Gasteiger partial charge in [-0.3, -0.25) is 4.90 Å². The Kier molecular flexibility index (Phi) is 8.57. The first-order valence-corrected chi connectivity index (χ1v) is 10.1. The van der Waals surface area contributed by atoms with Crippen LogP contribution in [0.15, 0.2) is 36.4 Å². The minimum atomic E-state index is -0.746. The second kappa shape index (κ2) is 11.1. The molecule has 0 N–H and O–H groups in total. The molecule has 0 unspecified atom stereocenters. The Labute approximate surface area is 194 Å². The molecule has 2 rings (SSSR count). The molecule has 2 aromatic rings. The number of esters is 1. The van der Waals surface area contributed by atoms with Gasteiger partial charge >= 0.3 is 12.1 Å². The van der Waals surface area contributed by atoms with Gasteiger partial charge in [-0.25, -0.2) is 9.59 Å². The van der Waals surface area contributed by atoms with Crippen molar-refractivity contribution in [2.24, 2.45) is 0 Å². The Morgan fingerprint density at radius 3 is 2.09 bits per heavy atom. The summed E-state index contributed by atoms with van der Waals surface area (Å²) in [7, 11) is 5.58. The van der Waals surface area contributed by atoms with Crippen molar-refractivity contribution in [2.45, 2.75) is 32.9 Å². The Morgan fingerprint density at radius 1 is 0.939 bits per heavy atom. The maximum absolute atomic E-state index is 13.3. The lowest BCUT2D eigenvalue weighted by atomic mass is 10.1. The van der Waals surface area contributed by atoms with E-state index in [2.05, 4.69) is 16.6 Å². The summed E-state index contributed by atoms with van der Waals surface area (Å²) in [5, 5.41) is 0. The van der Waals surface area contributed by atoms with Gasteiger partial charge in [0, 0.05) is 12.0 Å². The topological polar surface area (TPSA) is 83.5 Å². The molecular formula is C25H29NO7. The predicted octanol–water partition coefficient (Wildman–Crippen LogP) is 4.18. The van der Waals surface area contributed by atoms with Gasteiger partial charge < -0.3 is 23.7 Å². The minimum absolute atomic E-state index is 0.168. The predicted molar refractivity (Wildman–Crippen MR) is 124 cm³/mol. The lowest BCUT2D eigenvalue weighted by Gasteiger charge is -2.29. The van der Waals surface area contributed by atoms with Gasteiger partial charge in [-0.05, 0) is 32.3 Å². The van der Waals surface area contributed by atoms with Gasteiger partial charge in [0.25, 0.3) is 0 Å². The van der Waals surface area contributed by atoms with Crippen molar-refractivity contribution in [3.8, 4) is 29.1 Å². The zero-order chi connectivity index (χ0) is 24.6. The third-order valence-corrected chi connectivity index (χ3v) is 4.37. The van der Waals surface area contributed by atoms with Crippen LogP contribution in [0, 0.1) is 11.8 Å². The minimum Gasteiger partial charge on any atom is -0.493 e. The molecule has 0 radical (unpaired) electrons. The van der Waals surface area contributed by atoms with E-state index in [1.54, 1.807) is 26.8 Å². The van der Waals surface area contributed by atoms with Crippen LogP contribution in [-0.4, -0.2) is 46.1 Å². The van der Waals surface area contributed by atoms with E-state index in [0.29, 0.717) is 11.4 Å². The molecule has 0 spiro atoms. The molecule has 0 aromatic heterocycles. The molecule has 0 fully saturated rings. The highest BCUT2D eigenvalue weighted by atomic mass is 16.6. The largest absolute Gasteiger partial charge is 0.493 e. The van der Waals surface area contributed by atoms with Gasteiger partial charge in [-0.15, -0.1) is 0 Å². The number of ether oxygens (including phenoxy) is 5. The molecule has 0 aliphatic rings. The summed E-state index contributed by atoms with van der Waals surface area (Å²) < 4.78 is 26.8. The highest BCUT2D eigenvalue weighted by molar-refractivity contribution is 5.94. The maximum Gasteiger partial charge on any atom is 0.415 e. The van der Waals surface area contributed by atoms with Crippen LogP contribution in [0.4, 0.5) is 10.5 Å². The molecular weight excluding hydrogens is 426 g/mol. The van der Waals surface area contributed by atoms with Gasteiger partial charge in [0.1, 0.15) is 5.60 Å². The second-order valence-corrected chi connectivity index (χ2v) is 7.83. The van der Waals surface area contributed by atoms with Crippen LogP contribution in [0.3, 0.4) is 0 Å². The molecule has 0 saturated heterocycles. The summed E-state index contributed by atoms with van der Waals surface area (Å²) in [6.45, 7) is 5.50. The molecule has 0 saturated carbocycles. The summed E-state index contributed by atoms with van der Waals surface area (Å²) in [4.78, 5) is 26.5. The first-order chi connectivity index (χ1) is 15.6. The van der Waals surface area contributed by atoms with E-state index in [4.69, 9.17) is 18.9 Å². The Balaban J connectivity index is 2.81. The molecule has 8 heteroatoms. The van der Waals surface area contributed by atoms with E-state index in [0.717, 1.165) is 5.56 Å². The van der Waals surface area contributed by atoms with Crippen molar-refractivity contribution in [3.05, 3.63) is 47.5 Å². The summed E-state index contributed by atoms with van der Waals surface area (Å²) in [5.41, 5.74) is 0.662. The van der Waals surface area contributed by atoms with Gasteiger partial charge in [-0.1, -0.05) is 30.3 Å². The molecule has 0 atom stereocenters. The normalized spacial score (nSPS) is 10.4. The summed E-state index contributed by atoms with van der Waals surface area (Å²) >= 11 is 0. The van der Waals surface area contributed by atoms with E-state index < -0.39 is 17.7 Å². The average molecular weight is 456 g/mol. The fourth-order valence-corrected chi connectivity index (χ4v) is 2.97. The summed E-state index contributed by atoms with van der Waals surface area (Å²) in [6.07, 6.45) is -0.609. The lowest BCUT2D eigenvalue weighted by Crippen LogP contribution is -2.37. The number of carbonyl (C=O) groups excluding carboxylic acids is 2. The molecule has 0 heterocycles. The van der Waals surface area contributed by atoms with E-state index in [-0.39, 0.29) is 23.6 Å². The Bertz CT molecular complexity index is 1050. The number of anilines is 1. The monoisotopic (exact) mass is 455 g/mol. The van der Waals surface area contributed by atoms with Gasteiger partial charge in [0.2, 0.25) is 5.75 Å². The van der Waals surface area contributed by atoms with E-state index in [9.17, 15) is 9.59 Å². The zero-order valence-corrected chi connectivity index (χ0v) is 20.0. The molecule has 33 heavy (non-hydrogen) atoms. The average Bonchev–Trinajstić information content (AvgIpc) is 2.79. The highest BCUT2D eigenvalue weighted by Gasteiger charge is 2.29. The van der Waals surface area contributed by atoms with E-state index in [1.807, 2.05) is 30.3 Å². The second-order valence-electron chi connectivity index (χ2n) is 7.83. The van der Waals surface area contributed by atoms with Crippen molar-refractivity contribution in [3.63, 3.8) is 0 Å². The molecule has 1 amide bonds. The van der Waals surface area contributed by atoms with Crippen molar-refractivity contribution in [1.29, 1.82) is 0 Å². The number of benzene rings is 2. The number of rotatable bonds is 6. The quantitative estimate of drug-likeness (QED) is 0.477. The number of amides is 1. The number of hydrogen-bond acceptors (Lipinski definition) is 7. The van der Waals surface area contributed by atoms with Crippen LogP contribution >= 0.6 is 0 Å². The SMILES string of the molecule is COC(=O)C#Cc1c(N(Cc2ccccc2)C(=O)OC(C)(C)C)cc(OC)c(OC)c1OC. The van der Waals surface area contributed by atoms with E-state index in [1.165, 1.54) is 33.3 Å². The summed E-state index contributed by atoms with van der Waals surface area (Å²) in [5.74, 6) is 5.18. The molecule has 8 nitrogen and oxygen atoms in total. The number of carbonyl (C=O) groups is 2. The number of hydrogen-bond donors (Lipinski definition) is 0. The van der Waals surface area contributed by atoms with Crippen LogP contribution in [0.25, 0.3) is 0 Å². The first-order valence-electron chi connectivity index (χ1n) is 10.1.